The first-order valence-corrected chi connectivity index (χ1v) is 4.89. The van der Waals surface area contributed by atoms with E-state index >= 15 is 0 Å². The Morgan fingerprint density at radius 2 is 1.69 bits per heavy atom. The molecule has 1 rings (SSSR count). The first-order chi connectivity index (χ1) is 7.40. The number of amides is 2. The third-order valence-electron chi connectivity index (χ3n) is 2.36. The van der Waals surface area contributed by atoms with Gasteiger partial charge in [-0.2, -0.15) is 0 Å². The zero-order chi connectivity index (χ0) is 12.3. The molecule has 1 saturated carbocycles. The molecule has 90 valence electrons. The van der Waals surface area contributed by atoms with Crippen molar-refractivity contribution in [2.45, 2.75) is 19.4 Å². The van der Waals surface area contributed by atoms with Crippen LogP contribution in [0.5, 0.6) is 0 Å². The molecular formula is C9H14N2O5. The summed E-state index contributed by atoms with van der Waals surface area (Å²) in [7, 11) is 0. The Morgan fingerprint density at radius 3 is 2.00 bits per heavy atom. The van der Waals surface area contributed by atoms with Crippen LogP contribution in [-0.2, 0) is 9.59 Å². The summed E-state index contributed by atoms with van der Waals surface area (Å²) in [4.78, 5) is 33.2. The monoisotopic (exact) mass is 230 g/mol. The first-order valence-electron chi connectivity index (χ1n) is 4.89. The fraction of sp³-hybridized carbons (Fsp3) is 0.667. The van der Waals surface area contributed by atoms with Crippen molar-refractivity contribution in [3.8, 4) is 0 Å². The maximum atomic E-state index is 11.5. The highest BCUT2D eigenvalue weighted by atomic mass is 16.4. The number of carbonyl (C=O) groups excluding carboxylic acids is 1. The molecule has 0 heterocycles. The Bertz CT molecular complexity index is 301. The predicted octanol–water partition coefficient (Wildman–Crippen LogP) is -0.424. The van der Waals surface area contributed by atoms with E-state index in [1.165, 1.54) is 0 Å². The molecule has 1 aliphatic rings. The second-order valence-electron chi connectivity index (χ2n) is 3.91. The van der Waals surface area contributed by atoms with Crippen LogP contribution in [0.15, 0.2) is 0 Å². The molecule has 3 N–H and O–H groups in total. The van der Waals surface area contributed by atoms with E-state index in [0.29, 0.717) is 5.92 Å². The molecule has 0 spiro atoms. The zero-order valence-electron chi connectivity index (χ0n) is 8.84. The molecule has 2 amide bonds. The van der Waals surface area contributed by atoms with Crippen LogP contribution in [0.4, 0.5) is 4.79 Å². The summed E-state index contributed by atoms with van der Waals surface area (Å²) in [5.41, 5.74) is 0. The molecule has 1 fully saturated rings. The number of hydrogen-bond donors (Lipinski definition) is 3. The van der Waals surface area contributed by atoms with Gasteiger partial charge >= 0.3 is 18.0 Å². The van der Waals surface area contributed by atoms with Gasteiger partial charge in [-0.05, 0) is 12.3 Å². The number of hydrogen-bond acceptors (Lipinski definition) is 3. The van der Waals surface area contributed by atoms with Crippen molar-refractivity contribution in [3.63, 3.8) is 0 Å². The van der Waals surface area contributed by atoms with E-state index in [0.717, 1.165) is 11.3 Å². The predicted molar refractivity (Wildman–Crippen MR) is 52.9 cm³/mol. The molecule has 0 aromatic heterocycles. The van der Waals surface area contributed by atoms with E-state index in [4.69, 9.17) is 10.2 Å². The Morgan fingerprint density at radius 1 is 1.25 bits per heavy atom. The fourth-order valence-electron chi connectivity index (χ4n) is 1.30. The summed E-state index contributed by atoms with van der Waals surface area (Å²) in [6.07, 6.45) is 0.847. The van der Waals surface area contributed by atoms with Crippen molar-refractivity contribution < 1.29 is 24.6 Å². The molecule has 7 heteroatoms. The van der Waals surface area contributed by atoms with Gasteiger partial charge in [-0.1, -0.05) is 6.92 Å². The van der Waals surface area contributed by atoms with E-state index in [1.54, 1.807) is 0 Å². The smallest absolute Gasteiger partial charge is 0.323 e. The van der Waals surface area contributed by atoms with Gasteiger partial charge in [0.25, 0.3) is 0 Å². The molecule has 0 aromatic rings. The molecular weight excluding hydrogens is 216 g/mol. The standard InChI is InChI=1S/C9H14N2O5/c1-5-2-6(5)10-9(16)11(3-7(12)13)4-8(14)15/h5-6H,2-4H2,1H3,(H,10,16)(H,12,13)(H,14,15). The van der Waals surface area contributed by atoms with Gasteiger partial charge < -0.3 is 20.4 Å². The van der Waals surface area contributed by atoms with E-state index in [2.05, 4.69) is 5.32 Å². The van der Waals surface area contributed by atoms with Gasteiger partial charge in [-0.3, -0.25) is 9.59 Å². The second kappa shape index (κ2) is 4.82. The minimum absolute atomic E-state index is 0.0394. The van der Waals surface area contributed by atoms with Gasteiger partial charge in [-0.15, -0.1) is 0 Å². The summed E-state index contributed by atoms with van der Waals surface area (Å²) in [5, 5.41) is 19.6. The highest BCUT2D eigenvalue weighted by molar-refractivity contribution is 5.84. The van der Waals surface area contributed by atoms with Gasteiger partial charge in [0.05, 0.1) is 0 Å². The van der Waals surface area contributed by atoms with Crippen molar-refractivity contribution in [2.75, 3.05) is 13.1 Å². The Hall–Kier alpha value is -1.79. The minimum atomic E-state index is -1.24. The van der Waals surface area contributed by atoms with Crippen LogP contribution in [0.25, 0.3) is 0 Å². The Labute approximate surface area is 92.0 Å². The topological polar surface area (TPSA) is 107 Å². The van der Waals surface area contributed by atoms with E-state index in [1.807, 2.05) is 6.92 Å². The van der Waals surface area contributed by atoms with Crippen LogP contribution in [0.1, 0.15) is 13.3 Å². The van der Waals surface area contributed by atoms with Crippen LogP contribution in [0.2, 0.25) is 0 Å². The quantitative estimate of drug-likeness (QED) is 0.594. The van der Waals surface area contributed by atoms with Crippen LogP contribution in [-0.4, -0.2) is 52.2 Å². The summed E-state index contributed by atoms with van der Waals surface area (Å²) in [5.74, 6) is -2.10. The summed E-state index contributed by atoms with van der Waals surface area (Å²) >= 11 is 0. The Kier molecular flexibility index (Phi) is 3.70. The lowest BCUT2D eigenvalue weighted by atomic mass is 10.4. The first kappa shape index (κ1) is 12.3. The number of urea groups is 1. The molecule has 1 aliphatic carbocycles. The van der Waals surface area contributed by atoms with E-state index in [9.17, 15) is 14.4 Å². The third-order valence-corrected chi connectivity index (χ3v) is 2.36. The van der Waals surface area contributed by atoms with Gasteiger partial charge in [0.1, 0.15) is 13.1 Å². The number of carbonyl (C=O) groups is 3. The van der Waals surface area contributed by atoms with Crippen molar-refractivity contribution in [1.82, 2.24) is 10.2 Å². The molecule has 0 aromatic carbocycles. The molecule has 0 saturated heterocycles. The molecule has 7 nitrogen and oxygen atoms in total. The lowest BCUT2D eigenvalue weighted by molar-refractivity contribution is -0.140. The number of rotatable bonds is 5. The molecule has 2 unspecified atom stereocenters. The number of carboxylic acid groups (broad SMARTS) is 2. The average Bonchev–Trinajstić information content (AvgIpc) is 2.78. The molecule has 0 radical (unpaired) electrons. The maximum absolute atomic E-state index is 11.5. The minimum Gasteiger partial charge on any atom is -0.480 e. The normalized spacial score (nSPS) is 22.3. The van der Waals surface area contributed by atoms with E-state index < -0.39 is 31.1 Å². The van der Waals surface area contributed by atoms with Gasteiger partial charge in [0.2, 0.25) is 0 Å². The van der Waals surface area contributed by atoms with Gasteiger partial charge in [0, 0.05) is 6.04 Å². The molecule has 0 bridgehead atoms. The van der Waals surface area contributed by atoms with Gasteiger partial charge in [-0.25, -0.2) is 4.79 Å². The van der Waals surface area contributed by atoms with Crippen LogP contribution >= 0.6 is 0 Å². The third kappa shape index (κ3) is 3.76. The Balaban J connectivity index is 2.49. The number of carboxylic acids is 2. The summed E-state index contributed by atoms with van der Waals surface area (Å²) < 4.78 is 0. The van der Waals surface area contributed by atoms with Crippen LogP contribution in [0, 0.1) is 5.92 Å². The largest absolute Gasteiger partial charge is 0.480 e. The summed E-state index contributed by atoms with van der Waals surface area (Å²) in [6, 6.07) is -0.600. The molecule has 2 atom stereocenters. The average molecular weight is 230 g/mol. The lowest BCUT2D eigenvalue weighted by Crippen LogP contribution is -2.46. The van der Waals surface area contributed by atoms with Crippen molar-refractivity contribution >= 4 is 18.0 Å². The van der Waals surface area contributed by atoms with E-state index in [-0.39, 0.29) is 6.04 Å². The van der Waals surface area contributed by atoms with Crippen molar-refractivity contribution in [1.29, 1.82) is 0 Å². The maximum Gasteiger partial charge on any atom is 0.323 e. The second-order valence-corrected chi connectivity index (χ2v) is 3.91. The van der Waals surface area contributed by atoms with Crippen LogP contribution in [0.3, 0.4) is 0 Å². The number of aliphatic carboxylic acids is 2. The zero-order valence-corrected chi connectivity index (χ0v) is 8.84. The van der Waals surface area contributed by atoms with Crippen LogP contribution < -0.4 is 5.32 Å². The SMILES string of the molecule is CC1CC1NC(=O)N(CC(=O)O)CC(=O)O. The molecule has 16 heavy (non-hydrogen) atoms. The van der Waals surface area contributed by atoms with Crippen molar-refractivity contribution in [3.05, 3.63) is 0 Å². The highest BCUT2D eigenvalue weighted by Gasteiger charge is 2.35. The highest BCUT2D eigenvalue weighted by Crippen LogP contribution is 2.28. The lowest BCUT2D eigenvalue weighted by Gasteiger charge is -2.18. The number of nitrogens with one attached hydrogen (secondary N) is 1. The molecule has 0 aliphatic heterocycles. The van der Waals surface area contributed by atoms with Gasteiger partial charge in [0.15, 0.2) is 0 Å². The van der Waals surface area contributed by atoms with Crippen molar-refractivity contribution in [2.24, 2.45) is 5.92 Å². The number of nitrogens with zero attached hydrogens (tertiary/aromatic N) is 1. The fourth-order valence-corrected chi connectivity index (χ4v) is 1.30. The summed E-state index contributed by atoms with van der Waals surface area (Å²) in [6.45, 7) is 0.724.